The first-order chi connectivity index (χ1) is 21.5. The topological polar surface area (TPSA) is 122 Å². The second kappa shape index (κ2) is 15.0. The van der Waals surface area contributed by atoms with E-state index in [2.05, 4.69) is 75.5 Å². The summed E-state index contributed by atoms with van der Waals surface area (Å²) in [6, 6.07) is 1.70. The van der Waals surface area contributed by atoms with E-state index in [0.29, 0.717) is 0 Å². The summed E-state index contributed by atoms with van der Waals surface area (Å²) in [4.78, 5) is 9.79. The fraction of sp³-hybridized carbons (Fsp3) is 0.706. The van der Waals surface area contributed by atoms with Crippen LogP contribution in [-0.4, -0.2) is 178 Å². The number of phenols is 4. The molecule has 6 atom stereocenters. The summed E-state index contributed by atoms with van der Waals surface area (Å²) >= 11 is 0. The van der Waals surface area contributed by atoms with Crippen LogP contribution in [0.5, 0.6) is 23.0 Å². The van der Waals surface area contributed by atoms with Crippen molar-refractivity contribution >= 4 is 0 Å². The van der Waals surface area contributed by atoms with Gasteiger partial charge in [0, 0.05) is 59.4 Å². The number of piperazine rings is 2. The maximum absolute atomic E-state index is 8.70. The molecular weight excluding hydrogens is 694 g/mol. The molecule has 6 heterocycles. The fourth-order valence-electron chi connectivity index (χ4n) is 8.96. The quantitative estimate of drug-likeness (QED) is 0.105. The average Bonchev–Trinajstić information content (AvgIpc) is 3.00. The van der Waals surface area contributed by atoms with Crippen molar-refractivity contribution in [3.05, 3.63) is 50.5 Å². The molecule has 4 N–H and O–H groups in total. The molecule has 0 spiro atoms. The minimum absolute atomic E-state index is 0. The largest absolute Gasteiger partial charge is 0.636 e. The molecule has 1 aromatic carbocycles. The zero-order valence-electron chi connectivity index (χ0n) is 29.4. The third-order valence-electron chi connectivity index (χ3n) is 12.4. The third-order valence-corrected chi connectivity index (χ3v) is 12.4. The van der Waals surface area contributed by atoms with Gasteiger partial charge in [0.05, 0.1) is 40.3 Å². The molecule has 12 nitrogen and oxygen atoms in total. The monoisotopic (exact) mass is 752 g/mol. The van der Waals surface area contributed by atoms with Gasteiger partial charge in [-0.25, -0.2) is 0 Å². The van der Waals surface area contributed by atoms with Crippen molar-refractivity contribution in [1.29, 1.82) is 0 Å². The number of quaternary nitrogens is 2. The number of fused-ring (bicyclic) bond motifs is 6. The van der Waals surface area contributed by atoms with Gasteiger partial charge in [-0.1, -0.05) is 0 Å². The Balaban J connectivity index is 0.000000200. The zero-order valence-corrected chi connectivity index (χ0v) is 31.8. The van der Waals surface area contributed by atoms with Crippen molar-refractivity contribution in [2.24, 2.45) is 0 Å². The Kier molecular flexibility index (Phi) is 13.0. The van der Waals surface area contributed by atoms with Gasteiger partial charge in [0.25, 0.3) is 0 Å². The summed E-state index contributed by atoms with van der Waals surface area (Å²) in [5, 5.41) is 44.8. The van der Waals surface area contributed by atoms with Crippen molar-refractivity contribution in [2.45, 2.75) is 48.3 Å². The third kappa shape index (κ3) is 6.41. The van der Waals surface area contributed by atoms with Gasteiger partial charge in [0.1, 0.15) is 0 Å². The Morgan fingerprint density at radius 1 is 0.562 bits per heavy atom. The van der Waals surface area contributed by atoms with Gasteiger partial charge in [0.15, 0.2) is 23.0 Å². The molecule has 0 aromatic heterocycles. The van der Waals surface area contributed by atoms with Gasteiger partial charge in [-0.2, -0.15) is 0 Å². The van der Waals surface area contributed by atoms with Crippen LogP contribution >= 0.6 is 0 Å². The molecule has 14 heteroatoms. The standard InChI is InChI=1S/2C14H26N4.C6H6O4.2Mn/c2*1-13-14(2)16(3)8-6-9-17(14)10-12-18(13,4)11-5-7-15-13;7-3-1-4(8)6(10)2-5(3)9;;/h2*1-2,5-12H2,3-4H3;1-2,7-10H;;/q2*-2;;;/t2*13-,14?,18?;;;/m10.../s1. The molecule has 6 saturated heterocycles. The minimum atomic E-state index is -0.463. The molecule has 4 unspecified atom stereocenters. The predicted molar refractivity (Wildman–Crippen MR) is 181 cm³/mol. The smallest absolute Gasteiger partial charge is 0.161 e. The molecular formula is C34H58Mn2N8O4-4. The van der Waals surface area contributed by atoms with Crippen LogP contribution in [0.1, 0.15) is 25.7 Å². The molecule has 7 rings (SSSR count). The van der Waals surface area contributed by atoms with E-state index in [-0.39, 0.29) is 56.8 Å². The molecule has 0 bridgehead atoms. The number of hydrogen-bond donors (Lipinski definition) is 4. The summed E-state index contributed by atoms with van der Waals surface area (Å²) in [6.45, 7) is 31.7. The van der Waals surface area contributed by atoms with Crippen LogP contribution < -0.4 is 0 Å². The first-order valence-electron chi connectivity index (χ1n) is 16.8. The van der Waals surface area contributed by atoms with Gasteiger partial charge in [-0.05, 0) is 77.3 Å². The normalized spacial score (nSPS) is 40.0. The van der Waals surface area contributed by atoms with Crippen molar-refractivity contribution in [3.63, 3.8) is 0 Å². The number of hydrogen-bond acceptors (Lipinski definition) is 8. The van der Waals surface area contributed by atoms with Crippen molar-refractivity contribution in [2.75, 3.05) is 107 Å². The van der Waals surface area contributed by atoms with Gasteiger partial charge in [-0.3, -0.25) is 0 Å². The second-order valence-electron chi connectivity index (χ2n) is 14.8. The van der Waals surface area contributed by atoms with E-state index in [0.717, 1.165) is 86.5 Å². The van der Waals surface area contributed by atoms with Crippen LogP contribution in [0.4, 0.5) is 0 Å². The maximum atomic E-state index is 8.70. The van der Waals surface area contributed by atoms with Gasteiger partial charge in [0.2, 0.25) is 0 Å². The number of phenolic OH excluding ortho intramolecular Hbond substituents is 4. The van der Waals surface area contributed by atoms with Crippen molar-refractivity contribution < 1.29 is 63.5 Å². The molecule has 1 aromatic rings. The van der Waals surface area contributed by atoms with Gasteiger partial charge >= 0.3 is 0 Å². The van der Waals surface area contributed by atoms with E-state index < -0.39 is 23.0 Å². The van der Waals surface area contributed by atoms with Crippen LogP contribution in [0.15, 0.2) is 12.1 Å². The number of benzene rings is 1. The molecule has 0 amide bonds. The molecule has 6 aliphatic heterocycles. The molecule has 48 heavy (non-hydrogen) atoms. The molecule has 6 fully saturated rings. The summed E-state index contributed by atoms with van der Waals surface area (Å²) in [7, 11) is 9.02. The number of aromatic hydroxyl groups is 4. The maximum Gasteiger partial charge on any atom is 0.161 e. The van der Waals surface area contributed by atoms with Gasteiger partial charge < -0.3 is 87.3 Å². The van der Waals surface area contributed by atoms with E-state index in [1.165, 1.54) is 38.8 Å². The summed E-state index contributed by atoms with van der Waals surface area (Å²) < 4.78 is 1.91. The molecule has 6 aliphatic rings. The Morgan fingerprint density at radius 3 is 1.23 bits per heavy atom. The number of rotatable bonds is 0. The fourth-order valence-corrected chi connectivity index (χ4v) is 8.96. The van der Waals surface area contributed by atoms with Crippen LogP contribution in [0.25, 0.3) is 10.6 Å². The number of nitrogens with zero attached hydrogens (tertiary/aromatic N) is 8. The van der Waals surface area contributed by atoms with E-state index in [4.69, 9.17) is 31.1 Å². The Labute approximate surface area is 310 Å². The molecule has 0 saturated carbocycles. The Morgan fingerprint density at radius 2 is 0.896 bits per heavy atom. The van der Waals surface area contributed by atoms with E-state index in [1.54, 1.807) is 0 Å². The van der Waals surface area contributed by atoms with E-state index in [9.17, 15) is 0 Å². The predicted octanol–water partition coefficient (Wildman–Crippen LogP) is 2.35. The molecule has 276 valence electrons. The van der Waals surface area contributed by atoms with Crippen LogP contribution in [0.3, 0.4) is 0 Å². The molecule has 2 radical (unpaired) electrons. The summed E-state index contributed by atoms with van der Waals surface area (Å²) in [5.41, 5.74) is -1.20. The van der Waals surface area contributed by atoms with E-state index >= 15 is 0 Å². The van der Waals surface area contributed by atoms with Crippen LogP contribution in [0.2, 0.25) is 0 Å². The minimum Gasteiger partial charge on any atom is -0.636 e. The summed E-state index contributed by atoms with van der Waals surface area (Å²) in [5.74, 6) is -1.85. The first-order valence-corrected chi connectivity index (χ1v) is 16.8. The molecule has 0 aliphatic carbocycles. The SMILES string of the molecule is Oc1cc(O)c(O)cc1O.[CH2-]C12N(C)CCCN1CC[N+]1(C)CCC[N-][C@@]21[CH2-].[CH2-]C12N(C)CCCN1CC[N+]1(C)CCC[N-][C@]21[CH2-].[Mn].[Mn]. The van der Waals surface area contributed by atoms with Crippen LogP contribution in [0, 0.1) is 27.7 Å². The van der Waals surface area contributed by atoms with Crippen molar-refractivity contribution in [3.8, 4) is 23.0 Å². The first kappa shape index (κ1) is 41.6. The Bertz CT molecular complexity index is 1150. The van der Waals surface area contributed by atoms with E-state index in [1.807, 2.05) is 0 Å². The summed E-state index contributed by atoms with van der Waals surface area (Å²) in [6.07, 6.45) is 4.84. The van der Waals surface area contributed by atoms with Crippen LogP contribution in [-0.2, 0) is 34.1 Å². The zero-order chi connectivity index (χ0) is 33.8. The Hall–Kier alpha value is -0.861. The van der Waals surface area contributed by atoms with Crippen molar-refractivity contribution in [1.82, 2.24) is 19.6 Å². The second-order valence-corrected chi connectivity index (χ2v) is 14.8. The average molecular weight is 753 g/mol. The number of likely N-dealkylation sites (N-methyl/N-ethyl adjacent to an activating group) is 4. The van der Waals surface area contributed by atoms with Gasteiger partial charge in [-0.15, -0.1) is 24.4 Å².